The second-order valence-electron chi connectivity index (χ2n) is 9.02. The summed E-state index contributed by atoms with van der Waals surface area (Å²) in [6.45, 7) is 5.33. The van der Waals surface area contributed by atoms with Crippen molar-refractivity contribution in [2.75, 3.05) is 56.0 Å². The van der Waals surface area contributed by atoms with Crippen molar-refractivity contribution in [3.63, 3.8) is 0 Å². The molecule has 0 spiro atoms. The largest absolute Gasteiger partial charge is 0.369 e. The first kappa shape index (κ1) is 25.7. The second kappa shape index (κ2) is 11.5. The van der Waals surface area contributed by atoms with E-state index in [1.165, 1.54) is 11.8 Å². The summed E-state index contributed by atoms with van der Waals surface area (Å²) in [5, 5.41) is 6.20. The summed E-state index contributed by atoms with van der Waals surface area (Å²) >= 11 is 6.11. The summed E-state index contributed by atoms with van der Waals surface area (Å²) in [6, 6.07) is 13.4. The highest BCUT2D eigenvalue weighted by Gasteiger charge is 2.35. The van der Waals surface area contributed by atoms with Gasteiger partial charge in [0.1, 0.15) is 6.04 Å². The first-order valence-corrected chi connectivity index (χ1v) is 12.4. The molecule has 0 unspecified atom stereocenters. The van der Waals surface area contributed by atoms with Crippen LogP contribution >= 0.6 is 11.6 Å². The third-order valence-electron chi connectivity index (χ3n) is 6.51. The monoisotopic (exact) mass is 511 g/mol. The molecule has 2 saturated heterocycles. The van der Waals surface area contributed by atoms with E-state index >= 15 is 0 Å². The number of piperazine rings is 2. The molecule has 9 nitrogen and oxygen atoms in total. The number of carbonyl (C=O) groups excluding carboxylic acids is 4. The van der Waals surface area contributed by atoms with Gasteiger partial charge >= 0.3 is 0 Å². The van der Waals surface area contributed by atoms with Crippen LogP contribution in [-0.4, -0.2) is 85.2 Å². The van der Waals surface area contributed by atoms with Crippen molar-refractivity contribution in [3.8, 4) is 0 Å². The zero-order valence-electron chi connectivity index (χ0n) is 20.2. The SMILES string of the molecule is CC(=O)c1ccc(NC(=O)C[C@H]2C(=O)NCCN2C(=O)CN2CCN(c3cccc(Cl)c3)CC2)cc1. The van der Waals surface area contributed by atoms with Crippen molar-refractivity contribution in [3.05, 3.63) is 59.1 Å². The molecule has 36 heavy (non-hydrogen) atoms. The summed E-state index contributed by atoms with van der Waals surface area (Å²) < 4.78 is 0. The minimum atomic E-state index is -0.865. The van der Waals surface area contributed by atoms with Gasteiger partial charge in [-0.15, -0.1) is 0 Å². The number of rotatable bonds is 7. The van der Waals surface area contributed by atoms with Crippen molar-refractivity contribution >= 4 is 46.5 Å². The van der Waals surface area contributed by atoms with Gasteiger partial charge < -0.3 is 20.4 Å². The molecule has 0 aliphatic carbocycles. The van der Waals surface area contributed by atoms with Gasteiger partial charge in [-0.2, -0.15) is 0 Å². The van der Waals surface area contributed by atoms with Crippen molar-refractivity contribution in [1.82, 2.24) is 15.1 Å². The number of halogens is 1. The van der Waals surface area contributed by atoms with E-state index < -0.39 is 6.04 Å². The average Bonchev–Trinajstić information content (AvgIpc) is 2.86. The standard InChI is InChI=1S/C26H30ClN5O4/c1-18(33)19-5-7-21(8-6-19)29-24(34)16-23-26(36)28-9-10-32(23)25(35)17-30-11-13-31(14-12-30)22-4-2-3-20(27)15-22/h2-8,15,23H,9-14,16-17H2,1H3,(H,28,36)(H,29,34)/t23-/m0/s1. The highest BCUT2D eigenvalue weighted by atomic mass is 35.5. The Balaban J connectivity index is 1.32. The minimum Gasteiger partial charge on any atom is -0.369 e. The number of amides is 3. The molecular weight excluding hydrogens is 482 g/mol. The van der Waals surface area contributed by atoms with Crippen molar-refractivity contribution < 1.29 is 19.2 Å². The molecule has 2 aromatic carbocycles. The molecule has 4 rings (SSSR count). The Kier molecular flexibility index (Phi) is 8.22. The fourth-order valence-electron chi connectivity index (χ4n) is 4.51. The number of nitrogens with one attached hydrogen (secondary N) is 2. The van der Waals surface area contributed by atoms with E-state index in [4.69, 9.17) is 11.6 Å². The van der Waals surface area contributed by atoms with E-state index in [1.807, 2.05) is 24.3 Å². The molecular formula is C26H30ClN5O4. The fraction of sp³-hybridized carbons (Fsp3) is 0.385. The maximum Gasteiger partial charge on any atom is 0.243 e. The topological polar surface area (TPSA) is 102 Å². The van der Waals surface area contributed by atoms with E-state index in [2.05, 4.69) is 20.4 Å². The van der Waals surface area contributed by atoms with Gasteiger partial charge in [-0.3, -0.25) is 24.1 Å². The molecule has 0 aromatic heterocycles. The molecule has 0 saturated carbocycles. The Hall–Kier alpha value is -3.43. The first-order chi connectivity index (χ1) is 17.3. The van der Waals surface area contributed by atoms with Gasteiger partial charge in [0.25, 0.3) is 0 Å². The third-order valence-corrected chi connectivity index (χ3v) is 6.74. The van der Waals surface area contributed by atoms with E-state index in [1.54, 1.807) is 24.3 Å². The molecule has 2 aliphatic heterocycles. The first-order valence-electron chi connectivity index (χ1n) is 12.0. The number of nitrogens with zero attached hydrogens (tertiary/aromatic N) is 3. The Bertz CT molecular complexity index is 1130. The van der Waals surface area contributed by atoms with Crippen LogP contribution in [0.4, 0.5) is 11.4 Å². The van der Waals surface area contributed by atoms with Gasteiger partial charge in [-0.25, -0.2) is 0 Å². The second-order valence-corrected chi connectivity index (χ2v) is 9.46. The number of hydrogen-bond acceptors (Lipinski definition) is 6. The van der Waals surface area contributed by atoms with Crippen molar-refractivity contribution in [2.45, 2.75) is 19.4 Å². The quantitative estimate of drug-likeness (QED) is 0.551. The minimum absolute atomic E-state index is 0.0632. The molecule has 2 aromatic rings. The third kappa shape index (κ3) is 6.41. The Labute approximate surface area is 215 Å². The van der Waals surface area contributed by atoms with Crippen LogP contribution in [0.3, 0.4) is 0 Å². The highest BCUT2D eigenvalue weighted by molar-refractivity contribution is 6.30. The van der Waals surface area contributed by atoms with Crippen LogP contribution in [0.1, 0.15) is 23.7 Å². The Morgan fingerprint density at radius 2 is 1.75 bits per heavy atom. The molecule has 0 bridgehead atoms. The summed E-state index contributed by atoms with van der Waals surface area (Å²) in [5.74, 6) is -0.931. The Morgan fingerprint density at radius 3 is 2.42 bits per heavy atom. The van der Waals surface area contributed by atoms with Crippen LogP contribution in [-0.2, 0) is 14.4 Å². The lowest BCUT2D eigenvalue weighted by molar-refractivity contribution is -0.145. The summed E-state index contributed by atoms with van der Waals surface area (Å²) in [5.41, 5.74) is 2.13. The number of carbonyl (C=O) groups is 4. The summed E-state index contributed by atoms with van der Waals surface area (Å²) in [6.07, 6.45) is -0.144. The number of benzene rings is 2. The highest BCUT2D eigenvalue weighted by Crippen LogP contribution is 2.21. The molecule has 3 amide bonds. The van der Waals surface area contributed by atoms with Crippen LogP contribution in [0.15, 0.2) is 48.5 Å². The average molecular weight is 512 g/mol. The number of anilines is 2. The molecule has 2 heterocycles. The van der Waals surface area contributed by atoms with Gasteiger partial charge in [-0.05, 0) is 49.4 Å². The lowest BCUT2D eigenvalue weighted by Gasteiger charge is -2.39. The maximum absolute atomic E-state index is 13.2. The maximum atomic E-state index is 13.2. The zero-order chi connectivity index (χ0) is 25.7. The zero-order valence-corrected chi connectivity index (χ0v) is 21.0. The lowest BCUT2D eigenvalue weighted by Crippen LogP contribution is -2.60. The number of ketones is 1. The molecule has 2 N–H and O–H groups in total. The molecule has 1 atom stereocenters. The summed E-state index contributed by atoms with van der Waals surface area (Å²) in [7, 11) is 0. The fourth-order valence-corrected chi connectivity index (χ4v) is 4.70. The van der Waals surface area contributed by atoms with Crippen LogP contribution in [0.5, 0.6) is 0 Å². The van der Waals surface area contributed by atoms with Gasteiger partial charge in [0.15, 0.2) is 5.78 Å². The van der Waals surface area contributed by atoms with Crippen LogP contribution < -0.4 is 15.5 Å². The Morgan fingerprint density at radius 1 is 1.03 bits per heavy atom. The van der Waals surface area contributed by atoms with E-state index in [0.717, 1.165) is 18.8 Å². The van der Waals surface area contributed by atoms with Gasteiger partial charge in [-0.1, -0.05) is 17.7 Å². The van der Waals surface area contributed by atoms with Gasteiger partial charge in [0.2, 0.25) is 17.7 Å². The van der Waals surface area contributed by atoms with Crippen LogP contribution in [0, 0.1) is 0 Å². The lowest BCUT2D eigenvalue weighted by atomic mass is 10.1. The predicted molar refractivity (Wildman–Crippen MR) is 138 cm³/mol. The number of hydrogen-bond donors (Lipinski definition) is 2. The molecule has 0 radical (unpaired) electrons. The van der Waals surface area contributed by atoms with Crippen LogP contribution in [0.2, 0.25) is 5.02 Å². The van der Waals surface area contributed by atoms with Gasteiger partial charge in [0.05, 0.1) is 13.0 Å². The molecule has 2 aliphatic rings. The molecule has 190 valence electrons. The van der Waals surface area contributed by atoms with Gasteiger partial charge in [0, 0.05) is 61.2 Å². The van der Waals surface area contributed by atoms with Crippen LogP contribution in [0.25, 0.3) is 0 Å². The number of Topliss-reactive ketones (excluding diaryl/α,β-unsaturated/α-hetero) is 1. The van der Waals surface area contributed by atoms with E-state index in [-0.39, 0.29) is 36.5 Å². The van der Waals surface area contributed by atoms with Crippen molar-refractivity contribution in [2.24, 2.45) is 0 Å². The van der Waals surface area contributed by atoms with Crippen molar-refractivity contribution in [1.29, 1.82) is 0 Å². The molecule has 10 heteroatoms. The summed E-state index contributed by atoms with van der Waals surface area (Å²) in [4.78, 5) is 55.7. The predicted octanol–water partition coefficient (Wildman–Crippen LogP) is 2.02. The normalized spacial score (nSPS) is 18.5. The van der Waals surface area contributed by atoms with E-state index in [0.29, 0.717) is 42.5 Å². The molecule has 2 fully saturated rings. The van der Waals surface area contributed by atoms with E-state index in [9.17, 15) is 19.2 Å². The smallest absolute Gasteiger partial charge is 0.243 e.